The fourth-order valence-corrected chi connectivity index (χ4v) is 4.61. The van der Waals surface area contributed by atoms with Crippen molar-refractivity contribution < 1.29 is 91.8 Å². The molecule has 0 aliphatic carbocycles. The number of benzene rings is 1. The van der Waals surface area contributed by atoms with Crippen molar-refractivity contribution >= 4 is 22.0 Å². The molecule has 2 heterocycles. The third-order valence-electron chi connectivity index (χ3n) is 6.94. The molecule has 0 fully saturated rings. The van der Waals surface area contributed by atoms with E-state index in [9.17, 15) is 40.6 Å². The van der Waals surface area contributed by atoms with E-state index in [1.807, 2.05) is 33.3 Å². The first-order valence-electron chi connectivity index (χ1n) is 14.2. The number of aromatic nitrogens is 3. The van der Waals surface area contributed by atoms with Crippen molar-refractivity contribution in [2.75, 3.05) is 26.2 Å². The second-order valence-corrected chi connectivity index (χ2v) is 16.0. The Hall–Kier alpha value is -2.38. The summed E-state index contributed by atoms with van der Waals surface area (Å²) in [6, 6.07) is 2.93. The normalized spacial score (nSPS) is 14.0. The molecule has 0 amide bonds. The molecule has 3 rings (SSSR count). The van der Waals surface area contributed by atoms with E-state index in [0.717, 1.165) is 19.2 Å². The molecule has 0 saturated heterocycles. The largest absolute Gasteiger partial charge is 0.697 e. The number of carbonyl (C=O) groups excluding carboxylic acids is 1. The fraction of sp³-hybridized carbons (Fsp3) is 0.533. The van der Waals surface area contributed by atoms with Crippen molar-refractivity contribution in [2.45, 2.75) is 76.3 Å². The molecule has 1 unspecified atom stereocenters. The number of alkyl halides is 6. The maximum atomic E-state index is 14.9. The summed E-state index contributed by atoms with van der Waals surface area (Å²) < 4.78 is 114. The van der Waals surface area contributed by atoms with Gasteiger partial charge in [-0.05, 0) is 56.9 Å². The number of carbonyl (C=O) groups is 1. The second kappa shape index (κ2) is 16.8. The summed E-state index contributed by atoms with van der Waals surface area (Å²) in [5.41, 5.74) is -2.33. The number of nitrogens with zero attached hydrogens (tertiary/aromatic N) is 3. The van der Waals surface area contributed by atoms with Crippen LogP contribution in [0.1, 0.15) is 74.1 Å². The minimum absolute atomic E-state index is 0. The van der Waals surface area contributed by atoms with Gasteiger partial charge in [-0.15, -0.1) is 26.2 Å². The Morgan fingerprint density at radius 1 is 1.04 bits per heavy atom. The van der Waals surface area contributed by atoms with E-state index >= 15 is 0 Å². The van der Waals surface area contributed by atoms with Crippen LogP contribution in [0.3, 0.4) is 0 Å². The smallest absolute Gasteiger partial charge is 0.430 e. The van der Waals surface area contributed by atoms with E-state index in [0.29, 0.717) is 6.42 Å². The predicted octanol–water partition coefficient (Wildman–Crippen LogP) is 7.67. The summed E-state index contributed by atoms with van der Waals surface area (Å²) in [5.74, 6) is -5.69. The summed E-state index contributed by atoms with van der Waals surface area (Å²) in [7, 11) is -0.704. The molecule has 0 aliphatic rings. The van der Waals surface area contributed by atoms with Gasteiger partial charge in [0.1, 0.15) is 11.5 Å². The van der Waals surface area contributed by atoms with Crippen molar-refractivity contribution in [2.24, 2.45) is 0 Å². The van der Waals surface area contributed by atoms with Crippen LogP contribution >= 0.6 is 10.3 Å². The molecule has 10 nitrogen and oxygen atoms in total. The maximum absolute atomic E-state index is 14.9. The van der Waals surface area contributed by atoms with Crippen LogP contribution in [0.4, 0.5) is 36.4 Å². The van der Waals surface area contributed by atoms with Gasteiger partial charge in [0.25, 0.3) is 17.4 Å². The van der Waals surface area contributed by atoms with Gasteiger partial charge in [-0.1, -0.05) is 32.9 Å². The van der Waals surface area contributed by atoms with Gasteiger partial charge in [0.2, 0.25) is 0 Å². The van der Waals surface area contributed by atoms with E-state index in [1.165, 1.54) is 6.07 Å². The van der Waals surface area contributed by atoms with Gasteiger partial charge >= 0.3 is 18.3 Å². The number of methoxy groups -OCH3 is 1. The first-order chi connectivity index (χ1) is 21.8. The number of nitrogens with one attached hydrogen (secondary N) is 1. The fourth-order valence-electron chi connectivity index (χ4n) is 3.72. The Balaban J connectivity index is 0.00000227. The van der Waals surface area contributed by atoms with Crippen LogP contribution in [0.2, 0.25) is 0 Å². The number of aliphatic hydroxyl groups is 2. The summed E-state index contributed by atoms with van der Waals surface area (Å²) in [4.78, 5) is 15.4. The molecule has 1 radical (unpaired) electrons. The Bertz CT molecular complexity index is 1580. The minimum atomic E-state index is -5.64. The third-order valence-corrected chi connectivity index (χ3v) is 10.6. The number of esters is 1. The van der Waals surface area contributed by atoms with E-state index in [4.69, 9.17) is 19.4 Å². The van der Waals surface area contributed by atoms with Gasteiger partial charge in [-0.25, -0.2) is 14.2 Å². The molecule has 1 aromatic carbocycles. The van der Waals surface area contributed by atoms with E-state index in [2.05, 4.69) is 19.9 Å². The van der Waals surface area contributed by atoms with E-state index < -0.39 is 80.0 Å². The Morgan fingerprint density at radius 2 is 1.61 bits per heavy atom. The molecular formula is C30H38F7N4O6SY-. The van der Waals surface area contributed by atoms with Crippen LogP contribution in [-0.2, 0) is 59.8 Å². The molecule has 3 N–H and O–H groups in total. The average molecular weight is 805 g/mol. The zero-order valence-electron chi connectivity index (χ0n) is 28.0. The molecule has 49 heavy (non-hydrogen) atoms. The van der Waals surface area contributed by atoms with Crippen LogP contribution in [0.15, 0.2) is 28.7 Å². The monoisotopic (exact) mass is 804 g/mol. The maximum Gasteiger partial charge on any atom is 0.430 e. The van der Waals surface area contributed by atoms with Gasteiger partial charge in [-0.2, -0.15) is 26.3 Å². The molecule has 3 aromatic rings. The molecular weight excluding hydrogens is 766 g/mol. The molecule has 0 bridgehead atoms. The van der Waals surface area contributed by atoms with Gasteiger partial charge in [0.15, 0.2) is 5.69 Å². The number of aryl methyl sites for hydroxylation is 1. The zero-order chi connectivity index (χ0) is 37.0. The number of hydrogen-bond donors (Lipinski definition) is 2. The van der Waals surface area contributed by atoms with Crippen molar-refractivity contribution in [1.82, 2.24) is 15.2 Å². The summed E-state index contributed by atoms with van der Waals surface area (Å²) in [6.07, 6.45) is -6.49. The summed E-state index contributed by atoms with van der Waals surface area (Å²) >= 11 is 0. The van der Waals surface area contributed by atoms with Crippen LogP contribution < -0.4 is 0 Å². The predicted molar refractivity (Wildman–Crippen MR) is 164 cm³/mol. The molecule has 19 heteroatoms. The van der Waals surface area contributed by atoms with Crippen LogP contribution in [0.25, 0.3) is 17.3 Å². The van der Waals surface area contributed by atoms with Gasteiger partial charge in [0, 0.05) is 49.1 Å². The van der Waals surface area contributed by atoms with Gasteiger partial charge < -0.3 is 29.3 Å². The summed E-state index contributed by atoms with van der Waals surface area (Å²) in [5, 5.41) is 25.5. The van der Waals surface area contributed by atoms with E-state index in [1.54, 1.807) is 13.8 Å². The van der Waals surface area contributed by atoms with Crippen LogP contribution in [0.5, 0.6) is 0 Å². The average Bonchev–Trinajstić information content (AvgIpc) is 3.43. The minimum Gasteiger partial charge on any atom is -0.697 e. The van der Waals surface area contributed by atoms with Gasteiger partial charge in [-0.3, -0.25) is 0 Å². The molecule has 0 aliphatic heterocycles. The van der Waals surface area contributed by atoms with Gasteiger partial charge in [0.05, 0.1) is 19.3 Å². The van der Waals surface area contributed by atoms with Crippen molar-refractivity contribution in [3.63, 3.8) is 0 Å². The first kappa shape index (κ1) is 44.6. The number of aliphatic hydroxyl groups excluding tert-OH is 1. The summed E-state index contributed by atoms with van der Waals surface area (Å²) in [6.45, 7) is 9.77. The number of halogens is 7. The molecule has 0 spiro atoms. The van der Waals surface area contributed by atoms with Crippen molar-refractivity contribution in [1.29, 1.82) is 0 Å². The number of ether oxygens (including phenoxy) is 1. The molecule has 0 saturated carbocycles. The molecule has 273 valence electrons. The van der Waals surface area contributed by atoms with Crippen molar-refractivity contribution in [3.8, 4) is 11.6 Å². The second-order valence-electron chi connectivity index (χ2n) is 12.1. The van der Waals surface area contributed by atoms with Crippen LogP contribution in [0, 0.1) is 5.82 Å². The van der Waals surface area contributed by atoms with Crippen LogP contribution in [-0.4, -0.2) is 74.6 Å². The third kappa shape index (κ3) is 10.8. The number of hydrogen-bond acceptors (Lipinski definition) is 9. The molecule has 1 atom stereocenters. The Labute approximate surface area is 305 Å². The zero-order valence-corrected chi connectivity index (χ0v) is 31.7. The topological polar surface area (TPSA) is 152 Å². The SMILES string of the molecule is CC(C)O.COC(=O)c1nc(-c2nnc(C(O)(c3cc(CCCOS(C)(C)C(C)(C)C)ccc3F)C(F)(F)F)o2)c([NH-])cc1C(F)(F)F.[Y]. The first-order valence-corrected chi connectivity index (χ1v) is 16.5. The van der Waals surface area contributed by atoms with E-state index in [-0.39, 0.29) is 68.2 Å². The standard InChI is InChI=1S/C27H31F7N4O5S.C3H8O.Y/c1-24(2,3)44(5,6)42-11-7-8-14-9-10-17(28)15(12-14)25(40,27(32,33)34)23-38-37-21(43-23)20-18(35)13-16(26(29,30)31)19(36-20)22(39)41-4;1-3(2)4;/h9-10,12-13,40H,7-8,11H2,1-6H3,(H2,35,37,39);3-4H,1-2H3;/p-1. The number of rotatable bonds is 9. The molecule has 2 aromatic heterocycles. The quantitative estimate of drug-likeness (QED) is 0.126. The Morgan fingerprint density at radius 3 is 2.10 bits per heavy atom. The van der Waals surface area contributed by atoms with Crippen molar-refractivity contribution in [3.05, 3.63) is 64.1 Å². The number of pyridine rings is 1. The Kier molecular flexibility index (Phi) is 15.3.